The SMILES string of the molecule is Cc1ccc([C@H]2[C@H](c3ccccn3)NC(=S)N2c2ccc(N3C[C@H](C)C[C@H](C)C3)c(Cl)c2)n1-c1cccnc1. The van der Waals surface area contributed by atoms with Gasteiger partial charge in [-0.15, -0.1) is 0 Å². The van der Waals surface area contributed by atoms with E-state index in [0.29, 0.717) is 16.9 Å². The first-order valence-electron chi connectivity index (χ1n) is 13.5. The number of halogens is 1. The summed E-state index contributed by atoms with van der Waals surface area (Å²) in [7, 11) is 0. The van der Waals surface area contributed by atoms with E-state index in [-0.39, 0.29) is 12.1 Å². The molecule has 0 spiro atoms. The molecule has 8 heteroatoms. The van der Waals surface area contributed by atoms with Crippen molar-refractivity contribution in [1.82, 2.24) is 19.9 Å². The van der Waals surface area contributed by atoms with Gasteiger partial charge in [0.2, 0.25) is 0 Å². The molecule has 1 aromatic carbocycles. The van der Waals surface area contributed by atoms with Crippen molar-refractivity contribution >= 4 is 40.3 Å². The summed E-state index contributed by atoms with van der Waals surface area (Å²) in [5.74, 6) is 1.29. The van der Waals surface area contributed by atoms with Gasteiger partial charge < -0.3 is 19.7 Å². The maximum Gasteiger partial charge on any atom is 0.174 e. The Balaban J connectivity index is 1.44. The van der Waals surface area contributed by atoms with Crippen molar-refractivity contribution in [2.24, 2.45) is 11.8 Å². The summed E-state index contributed by atoms with van der Waals surface area (Å²) < 4.78 is 2.25. The molecule has 3 aromatic heterocycles. The summed E-state index contributed by atoms with van der Waals surface area (Å²) in [6.07, 6.45) is 6.78. The molecule has 6 rings (SSSR count). The highest BCUT2D eigenvalue weighted by molar-refractivity contribution is 7.80. The zero-order valence-electron chi connectivity index (χ0n) is 22.5. The number of anilines is 2. The van der Waals surface area contributed by atoms with Gasteiger partial charge in [-0.25, -0.2) is 0 Å². The van der Waals surface area contributed by atoms with Gasteiger partial charge in [0.15, 0.2) is 5.11 Å². The van der Waals surface area contributed by atoms with E-state index in [0.717, 1.165) is 52.3 Å². The molecule has 2 aliphatic rings. The number of piperidine rings is 1. The van der Waals surface area contributed by atoms with Crippen molar-refractivity contribution in [2.75, 3.05) is 22.9 Å². The molecule has 0 radical (unpaired) electrons. The smallest absolute Gasteiger partial charge is 0.174 e. The normalized spacial score (nSPS) is 23.2. The van der Waals surface area contributed by atoms with Crippen molar-refractivity contribution in [3.05, 3.63) is 101 Å². The minimum Gasteiger partial charge on any atom is -0.370 e. The van der Waals surface area contributed by atoms with Crippen molar-refractivity contribution in [2.45, 2.75) is 39.3 Å². The summed E-state index contributed by atoms with van der Waals surface area (Å²) in [5, 5.41) is 4.97. The fourth-order valence-electron chi connectivity index (χ4n) is 6.32. The summed E-state index contributed by atoms with van der Waals surface area (Å²) >= 11 is 13.0. The van der Waals surface area contributed by atoms with Crippen molar-refractivity contribution in [1.29, 1.82) is 0 Å². The second kappa shape index (κ2) is 10.6. The van der Waals surface area contributed by atoms with Crippen molar-refractivity contribution < 1.29 is 0 Å². The van der Waals surface area contributed by atoms with E-state index in [9.17, 15) is 0 Å². The number of thiocarbonyl (C=S) groups is 1. The predicted molar refractivity (Wildman–Crippen MR) is 163 cm³/mol. The fraction of sp³-hybridized carbons (Fsp3) is 0.323. The first kappa shape index (κ1) is 25.8. The van der Waals surface area contributed by atoms with Crippen LogP contribution in [-0.2, 0) is 0 Å². The summed E-state index contributed by atoms with van der Waals surface area (Å²) in [6, 6.07) is 20.4. The minimum atomic E-state index is -0.154. The lowest BCUT2D eigenvalue weighted by atomic mass is 9.91. The van der Waals surface area contributed by atoms with Crippen LogP contribution in [0.4, 0.5) is 11.4 Å². The Morgan fingerprint density at radius 2 is 1.77 bits per heavy atom. The highest BCUT2D eigenvalue weighted by Gasteiger charge is 2.42. The summed E-state index contributed by atoms with van der Waals surface area (Å²) in [6.45, 7) is 8.80. The molecular weight excluding hydrogens is 524 g/mol. The number of hydrogen-bond donors (Lipinski definition) is 1. The maximum absolute atomic E-state index is 7.00. The molecule has 4 aromatic rings. The third-order valence-electron chi connectivity index (χ3n) is 7.83. The number of benzene rings is 1. The molecule has 6 nitrogen and oxygen atoms in total. The Morgan fingerprint density at radius 1 is 0.949 bits per heavy atom. The lowest BCUT2D eigenvalue weighted by Gasteiger charge is -2.37. The van der Waals surface area contributed by atoms with Gasteiger partial charge in [-0.1, -0.05) is 31.5 Å². The van der Waals surface area contributed by atoms with Gasteiger partial charge in [0.05, 0.1) is 34.3 Å². The molecule has 1 N–H and O–H groups in total. The van der Waals surface area contributed by atoms with E-state index in [1.807, 2.05) is 30.6 Å². The summed E-state index contributed by atoms with van der Waals surface area (Å²) in [4.78, 5) is 13.7. The van der Waals surface area contributed by atoms with Gasteiger partial charge in [-0.3, -0.25) is 9.97 Å². The number of aromatic nitrogens is 3. The molecule has 0 amide bonds. The van der Waals surface area contributed by atoms with Gasteiger partial charge in [-0.05, 0) is 92.0 Å². The van der Waals surface area contributed by atoms with Crippen LogP contribution in [0, 0.1) is 18.8 Å². The van der Waals surface area contributed by atoms with Gasteiger partial charge in [0.25, 0.3) is 0 Å². The van der Waals surface area contributed by atoms with Crippen LogP contribution in [-0.4, -0.2) is 32.7 Å². The highest BCUT2D eigenvalue weighted by Crippen LogP contribution is 2.44. The van der Waals surface area contributed by atoms with E-state index >= 15 is 0 Å². The van der Waals surface area contributed by atoms with Crippen LogP contribution >= 0.6 is 23.8 Å². The van der Waals surface area contributed by atoms with Crippen molar-refractivity contribution in [3.8, 4) is 5.69 Å². The van der Waals surface area contributed by atoms with Crippen LogP contribution in [0.25, 0.3) is 5.69 Å². The van der Waals surface area contributed by atoms with E-state index < -0.39 is 0 Å². The molecular formula is C31H33ClN6S. The first-order valence-corrected chi connectivity index (χ1v) is 14.3. The lowest BCUT2D eigenvalue weighted by molar-refractivity contribution is 0.357. The van der Waals surface area contributed by atoms with E-state index in [1.165, 1.54) is 6.42 Å². The average Bonchev–Trinajstić information content (AvgIpc) is 3.48. The van der Waals surface area contributed by atoms with Crippen LogP contribution in [0.15, 0.2) is 79.3 Å². The Labute approximate surface area is 240 Å². The standard InChI is InChI=1S/C31H33ClN6S/c1-20-15-21(2)19-36(18-20)27-12-10-23(16-25(27)32)38-30(29(35-31(38)39)26-8-4-5-14-34-26)28-11-9-22(3)37(28)24-7-6-13-33-17-24/h4-14,16-17,20-21,29-30H,15,18-19H2,1-3H3,(H,35,39)/t20-,21+,29-,30-/m0/s1. The number of rotatable bonds is 5. The molecule has 0 bridgehead atoms. The van der Waals surface area contributed by atoms with Gasteiger partial charge in [0.1, 0.15) is 6.04 Å². The minimum absolute atomic E-state index is 0.148. The quantitative estimate of drug-likeness (QED) is 0.270. The molecule has 2 aliphatic heterocycles. The van der Waals surface area contributed by atoms with Crippen LogP contribution in [0.2, 0.25) is 5.02 Å². The number of nitrogens with zero attached hydrogens (tertiary/aromatic N) is 5. The number of nitrogens with one attached hydrogen (secondary N) is 1. The third kappa shape index (κ3) is 4.90. The topological polar surface area (TPSA) is 49.2 Å². The van der Waals surface area contributed by atoms with Gasteiger partial charge >= 0.3 is 0 Å². The Bertz CT molecular complexity index is 1460. The Morgan fingerprint density at radius 3 is 2.46 bits per heavy atom. The van der Waals surface area contributed by atoms with Crippen LogP contribution in [0.1, 0.15) is 49.4 Å². The second-order valence-electron chi connectivity index (χ2n) is 10.9. The molecule has 0 unspecified atom stereocenters. The van der Waals surface area contributed by atoms with Crippen molar-refractivity contribution in [3.63, 3.8) is 0 Å². The first-order chi connectivity index (χ1) is 18.9. The molecule has 39 heavy (non-hydrogen) atoms. The largest absolute Gasteiger partial charge is 0.370 e. The maximum atomic E-state index is 7.00. The van der Waals surface area contributed by atoms with Gasteiger partial charge in [0, 0.05) is 42.6 Å². The van der Waals surface area contributed by atoms with E-state index in [4.69, 9.17) is 28.8 Å². The summed E-state index contributed by atoms with van der Waals surface area (Å²) in [5.41, 5.74) is 6.21. The molecule has 200 valence electrons. The second-order valence-corrected chi connectivity index (χ2v) is 11.7. The molecule has 4 atom stereocenters. The molecule has 2 saturated heterocycles. The van der Waals surface area contributed by atoms with Crippen LogP contribution in [0.3, 0.4) is 0 Å². The Hall–Kier alpha value is -3.42. The number of hydrogen-bond acceptors (Lipinski definition) is 4. The zero-order chi connectivity index (χ0) is 27.1. The fourth-order valence-corrected chi connectivity index (χ4v) is 6.96. The lowest BCUT2D eigenvalue weighted by Crippen LogP contribution is -2.38. The van der Waals surface area contributed by atoms with E-state index in [1.54, 1.807) is 6.20 Å². The number of pyridine rings is 2. The molecule has 5 heterocycles. The number of aryl methyl sites for hydroxylation is 1. The molecule has 2 fully saturated rings. The zero-order valence-corrected chi connectivity index (χ0v) is 24.0. The average molecular weight is 557 g/mol. The molecule has 0 aliphatic carbocycles. The highest BCUT2D eigenvalue weighted by atomic mass is 35.5. The molecule has 0 saturated carbocycles. The van der Waals surface area contributed by atoms with Crippen LogP contribution in [0.5, 0.6) is 0 Å². The van der Waals surface area contributed by atoms with Gasteiger partial charge in [-0.2, -0.15) is 0 Å². The monoisotopic (exact) mass is 556 g/mol. The van der Waals surface area contributed by atoms with E-state index in [2.05, 4.69) is 87.9 Å². The Kier molecular flexibility index (Phi) is 7.04. The third-order valence-corrected chi connectivity index (χ3v) is 8.45. The van der Waals surface area contributed by atoms with Crippen LogP contribution < -0.4 is 15.1 Å². The predicted octanol–water partition coefficient (Wildman–Crippen LogP) is 6.89.